The summed E-state index contributed by atoms with van der Waals surface area (Å²) in [6, 6.07) is 24.7. The number of ether oxygens (including phenoxy) is 1. The average molecular weight is 400 g/mol. The van der Waals surface area contributed by atoms with Gasteiger partial charge >= 0.3 is 0 Å². The Kier molecular flexibility index (Phi) is 6.65. The van der Waals surface area contributed by atoms with E-state index in [1.807, 2.05) is 36.4 Å². The smallest absolute Gasteiger partial charge is 0.181 e. The maximum Gasteiger partial charge on any atom is 0.181 e. The van der Waals surface area contributed by atoms with E-state index in [9.17, 15) is 0 Å². The van der Waals surface area contributed by atoms with Crippen molar-refractivity contribution < 1.29 is 4.74 Å². The van der Waals surface area contributed by atoms with Gasteiger partial charge in [-0.1, -0.05) is 80.4 Å². The molecule has 0 spiro atoms. The van der Waals surface area contributed by atoms with Crippen molar-refractivity contribution in [3.05, 3.63) is 95.8 Å². The predicted octanol–water partition coefficient (Wildman–Crippen LogP) is 6.26. The van der Waals surface area contributed by atoms with E-state index in [2.05, 4.69) is 59.2 Å². The normalized spacial score (nSPS) is 11.0. The molecule has 2 heterocycles. The maximum atomic E-state index is 6.15. The molecule has 4 aromatic rings. The second kappa shape index (κ2) is 9.97. The van der Waals surface area contributed by atoms with Crippen molar-refractivity contribution in [2.24, 2.45) is 0 Å². The van der Waals surface area contributed by atoms with Gasteiger partial charge in [-0.3, -0.25) is 4.40 Å². The van der Waals surface area contributed by atoms with E-state index in [1.165, 1.54) is 18.4 Å². The fourth-order valence-corrected chi connectivity index (χ4v) is 3.62. The topological polar surface area (TPSA) is 38.6 Å². The van der Waals surface area contributed by atoms with E-state index < -0.39 is 0 Å². The summed E-state index contributed by atoms with van der Waals surface area (Å²) in [7, 11) is 0. The summed E-state index contributed by atoms with van der Waals surface area (Å²) < 4.78 is 8.28. The van der Waals surface area contributed by atoms with Crippen molar-refractivity contribution in [1.29, 1.82) is 0 Å². The summed E-state index contributed by atoms with van der Waals surface area (Å²) in [6.07, 6.45) is 6.58. The first-order chi connectivity index (χ1) is 14.8. The van der Waals surface area contributed by atoms with Crippen LogP contribution in [-0.2, 0) is 19.6 Å². The van der Waals surface area contributed by atoms with Crippen molar-refractivity contribution >= 4 is 11.5 Å². The quantitative estimate of drug-likeness (QED) is 0.320. The van der Waals surface area contributed by atoms with Gasteiger partial charge in [-0.2, -0.15) is 0 Å². The number of fused-ring (bicyclic) bond motifs is 1. The van der Waals surface area contributed by atoms with Crippen molar-refractivity contribution in [3.8, 4) is 5.75 Å². The van der Waals surface area contributed by atoms with Gasteiger partial charge in [0.05, 0.1) is 5.69 Å². The molecule has 0 saturated carbocycles. The van der Waals surface area contributed by atoms with E-state index in [0.717, 1.165) is 47.9 Å². The highest BCUT2D eigenvalue weighted by atomic mass is 16.5. The molecule has 0 radical (unpaired) electrons. The molecular formula is C26H29N3O. The van der Waals surface area contributed by atoms with Gasteiger partial charge in [-0.05, 0) is 36.1 Å². The van der Waals surface area contributed by atoms with E-state index in [0.29, 0.717) is 6.61 Å². The zero-order valence-corrected chi connectivity index (χ0v) is 17.6. The first kappa shape index (κ1) is 20.0. The van der Waals surface area contributed by atoms with Crippen molar-refractivity contribution in [3.63, 3.8) is 0 Å². The minimum atomic E-state index is 0.533. The van der Waals surface area contributed by atoms with Crippen LogP contribution in [0, 0.1) is 0 Å². The summed E-state index contributed by atoms with van der Waals surface area (Å²) in [5, 5.41) is 3.63. The standard InChI is InChI=1S/C26H29N3O/c1-2-3-6-16-23-25(27-19-21-12-7-4-8-13-21)29-18-11-17-24(26(29)28-23)30-20-22-14-9-5-10-15-22/h4-5,7-15,17-18,27H,2-3,6,16,19-20H2,1H3. The molecule has 4 nitrogen and oxygen atoms in total. The van der Waals surface area contributed by atoms with Gasteiger partial charge in [0.2, 0.25) is 0 Å². The molecule has 0 atom stereocenters. The van der Waals surface area contributed by atoms with Crippen LogP contribution in [0.1, 0.15) is 43.0 Å². The molecule has 0 saturated heterocycles. The number of nitrogens with zero attached hydrogens (tertiary/aromatic N) is 2. The number of hydrogen-bond acceptors (Lipinski definition) is 3. The van der Waals surface area contributed by atoms with Crippen LogP contribution in [0.3, 0.4) is 0 Å². The first-order valence-electron chi connectivity index (χ1n) is 10.8. The Bertz CT molecular complexity index is 1060. The van der Waals surface area contributed by atoms with Gasteiger partial charge in [-0.15, -0.1) is 0 Å². The number of anilines is 1. The molecule has 1 N–H and O–H groups in total. The molecule has 2 aromatic carbocycles. The number of imidazole rings is 1. The number of pyridine rings is 1. The molecule has 4 heteroatoms. The first-order valence-corrected chi connectivity index (χ1v) is 10.8. The number of rotatable bonds is 10. The van der Waals surface area contributed by atoms with Crippen LogP contribution in [0.4, 0.5) is 5.82 Å². The second-order valence-corrected chi connectivity index (χ2v) is 7.54. The Morgan fingerprint density at radius 2 is 1.60 bits per heavy atom. The molecule has 0 fully saturated rings. The van der Waals surface area contributed by atoms with Crippen LogP contribution in [0.5, 0.6) is 5.75 Å². The predicted molar refractivity (Wildman–Crippen MR) is 123 cm³/mol. The summed E-state index contributed by atoms with van der Waals surface area (Å²) in [5.41, 5.74) is 4.38. The monoisotopic (exact) mass is 399 g/mol. The summed E-state index contributed by atoms with van der Waals surface area (Å²) in [5.74, 6) is 1.88. The van der Waals surface area contributed by atoms with Crippen LogP contribution >= 0.6 is 0 Å². The lowest BCUT2D eigenvalue weighted by Gasteiger charge is -2.10. The lowest BCUT2D eigenvalue weighted by atomic mass is 10.1. The lowest BCUT2D eigenvalue weighted by molar-refractivity contribution is 0.308. The maximum absolute atomic E-state index is 6.15. The average Bonchev–Trinajstić information content (AvgIpc) is 3.16. The third-order valence-corrected chi connectivity index (χ3v) is 5.24. The van der Waals surface area contributed by atoms with Gasteiger partial charge in [0.15, 0.2) is 11.4 Å². The fourth-order valence-electron chi connectivity index (χ4n) is 3.62. The van der Waals surface area contributed by atoms with Crippen molar-refractivity contribution in [2.75, 3.05) is 5.32 Å². The molecule has 0 aliphatic rings. The minimum absolute atomic E-state index is 0.533. The Balaban J connectivity index is 1.60. The van der Waals surface area contributed by atoms with Crippen molar-refractivity contribution in [2.45, 2.75) is 45.8 Å². The summed E-state index contributed by atoms with van der Waals surface area (Å²) >= 11 is 0. The fraction of sp³-hybridized carbons (Fsp3) is 0.269. The van der Waals surface area contributed by atoms with Crippen LogP contribution in [0.15, 0.2) is 79.0 Å². The van der Waals surface area contributed by atoms with Gasteiger partial charge in [0, 0.05) is 12.7 Å². The third kappa shape index (κ3) is 4.82. The largest absolute Gasteiger partial charge is 0.485 e. The molecule has 0 aliphatic heterocycles. The second-order valence-electron chi connectivity index (χ2n) is 7.54. The molecule has 154 valence electrons. The SMILES string of the molecule is CCCCCc1nc2c(OCc3ccccc3)cccn2c1NCc1ccccc1. The molecule has 4 rings (SSSR count). The molecule has 30 heavy (non-hydrogen) atoms. The lowest BCUT2D eigenvalue weighted by Crippen LogP contribution is -2.05. The molecule has 2 aromatic heterocycles. The van der Waals surface area contributed by atoms with Gasteiger partial charge < -0.3 is 10.1 Å². The summed E-state index contributed by atoms with van der Waals surface area (Å²) in [6.45, 7) is 3.53. The number of nitrogens with one attached hydrogen (secondary N) is 1. The minimum Gasteiger partial charge on any atom is -0.485 e. The van der Waals surface area contributed by atoms with Crippen LogP contribution in [-0.4, -0.2) is 9.38 Å². The van der Waals surface area contributed by atoms with Gasteiger partial charge in [0.25, 0.3) is 0 Å². The summed E-state index contributed by atoms with van der Waals surface area (Å²) in [4.78, 5) is 4.98. The third-order valence-electron chi connectivity index (χ3n) is 5.24. The number of benzene rings is 2. The Morgan fingerprint density at radius 1 is 0.867 bits per heavy atom. The number of hydrogen-bond donors (Lipinski definition) is 1. The van der Waals surface area contributed by atoms with E-state index >= 15 is 0 Å². The van der Waals surface area contributed by atoms with E-state index in [-0.39, 0.29) is 0 Å². The van der Waals surface area contributed by atoms with Crippen LogP contribution in [0.2, 0.25) is 0 Å². The highest BCUT2D eigenvalue weighted by molar-refractivity contribution is 5.62. The molecule has 0 aliphatic carbocycles. The molecule has 0 amide bonds. The Morgan fingerprint density at radius 3 is 2.33 bits per heavy atom. The van der Waals surface area contributed by atoms with Crippen LogP contribution in [0.25, 0.3) is 5.65 Å². The number of unbranched alkanes of at least 4 members (excludes halogenated alkanes) is 2. The van der Waals surface area contributed by atoms with Gasteiger partial charge in [-0.25, -0.2) is 4.98 Å². The van der Waals surface area contributed by atoms with Gasteiger partial charge in [0.1, 0.15) is 12.4 Å². The van der Waals surface area contributed by atoms with E-state index in [1.54, 1.807) is 0 Å². The van der Waals surface area contributed by atoms with E-state index in [4.69, 9.17) is 9.72 Å². The molecule has 0 unspecified atom stereocenters. The zero-order chi connectivity index (χ0) is 20.6. The molecule has 0 bridgehead atoms. The zero-order valence-electron chi connectivity index (χ0n) is 17.6. The Hall–Kier alpha value is -3.27. The Labute approximate surface area is 178 Å². The number of aryl methyl sites for hydroxylation is 1. The van der Waals surface area contributed by atoms with Crippen molar-refractivity contribution in [1.82, 2.24) is 9.38 Å². The molecular weight excluding hydrogens is 370 g/mol. The highest BCUT2D eigenvalue weighted by Gasteiger charge is 2.15. The highest BCUT2D eigenvalue weighted by Crippen LogP contribution is 2.27. The number of aromatic nitrogens is 2. The van der Waals surface area contributed by atoms with Crippen LogP contribution < -0.4 is 10.1 Å².